The molecule has 7 nitrogen and oxygen atoms in total. The highest BCUT2D eigenvalue weighted by Crippen LogP contribution is 2.55. The van der Waals surface area contributed by atoms with Gasteiger partial charge in [-0.1, -0.05) is 22.9 Å². The predicted octanol–water partition coefficient (Wildman–Crippen LogP) is 6.20. The third-order valence-electron chi connectivity index (χ3n) is 5.27. The molecular formula is C24H23ClN4O3S2. The number of aromatic nitrogens is 2. The normalized spacial score (nSPS) is 15.9. The Morgan fingerprint density at radius 2 is 1.88 bits per heavy atom. The minimum atomic E-state index is -1.19. The largest absolute Gasteiger partial charge is 0.496 e. The van der Waals surface area contributed by atoms with E-state index in [0.29, 0.717) is 38.4 Å². The number of hydrogen-bond acceptors (Lipinski definition) is 8. The molecular weight excluding hydrogens is 492 g/mol. The summed E-state index contributed by atoms with van der Waals surface area (Å²) in [5.41, 5.74) is 11.4. The fraction of sp³-hybridized carbons (Fsp3) is 0.250. The number of aryl methyl sites for hydroxylation is 2. The molecule has 1 unspecified atom stereocenters. The minimum absolute atomic E-state index is 0.121. The molecule has 0 aliphatic carbocycles. The molecule has 1 aromatic carbocycles. The number of halogens is 1. The number of thiazole rings is 1. The number of nitrogens with zero attached hydrogens (tertiary/aromatic N) is 3. The van der Waals surface area contributed by atoms with Crippen molar-refractivity contribution in [1.29, 1.82) is 0 Å². The lowest BCUT2D eigenvalue weighted by Crippen LogP contribution is -2.18. The van der Waals surface area contributed by atoms with Gasteiger partial charge in [-0.2, -0.15) is 0 Å². The van der Waals surface area contributed by atoms with Crippen LogP contribution in [-0.2, 0) is 4.79 Å². The van der Waals surface area contributed by atoms with Crippen LogP contribution in [0.25, 0.3) is 16.8 Å². The van der Waals surface area contributed by atoms with Gasteiger partial charge in [0.15, 0.2) is 5.71 Å². The number of thioether (sulfide) groups is 1. The summed E-state index contributed by atoms with van der Waals surface area (Å²) in [5.74, 6) is -0.567. The number of rotatable bonds is 5. The standard InChI is InChI=1S/C24H23ClN4O3S2/c1-10-6-14(7-11(2)27-10)18(12(3)26)20(22(30)31)28-24-29-21-19-16(13(4)33-23(21)34-24)8-15(25)9-17(19)32-5/h6-9,13H,26H2,1-5H3,(H,30,31). The maximum absolute atomic E-state index is 12.3. The van der Waals surface area contributed by atoms with Crippen LogP contribution in [0, 0.1) is 13.8 Å². The quantitative estimate of drug-likeness (QED) is 0.390. The van der Waals surface area contributed by atoms with Crippen molar-refractivity contribution in [3.63, 3.8) is 0 Å². The lowest BCUT2D eigenvalue weighted by molar-refractivity contribution is -0.129. The van der Waals surface area contributed by atoms with Crippen molar-refractivity contribution >= 4 is 57.1 Å². The van der Waals surface area contributed by atoms with Crippen LogP contribution >= 0.6 is 34.7 Å². The molecule has 3 N–H and O–H groups in total. The summed E-state index contributed by atoms with van der Waals surface area (Å²) < 4.78 is 6.53. The van der Waals surface area contributed by atoms with Crippen LogP contribution in [0.5, 0.6) is 5.75 Å². The Kier molecular flexibility index (Phi) is 6.71. The summed E-state index contributed by atoms with van der Waals surface area (Å²) in [6, 6.07) is 7.26. The Labute approximate surface area is 210 Å². The maximum Gasteiger partial charge on any atom is 0.355 e. The number of carboxylic acids is 1. The molecule has 3 aromatic rings. The number of aliphatic imine (C=N–C) groups is 1. The number of allylic oxidation sites excluding steroid dienone is 1. The van der Waals surface area contributed by atoms with E-state index in [1.165, 1.54) is 11.3 Å². The number of benzene rings is 1. The molecule has 0 saturated heterocycles. The Morgan fingerprint density at radius 3 is 2.47 bits per heavy atom. The topological polar surface area (TPSA) is 111 Å². The van der Waals surface area contributed by atoms with Crippen molar-refractivity contribution in [1.82, 2.24) is 9.97 Å². The van der Waals surface area contributed by atoms with Gasteiger partial charge in [0.05, 0.1) is 11.3 Å². The van der Waals surface area contributed by atoms with Crippen LogP contribution in [0.1, 0.15) is 41.6 Å². The van der Waals surface area contributed by atoms with Gasteiger partial charge in [-0.05, 0) is 63.1 Å². The van der Waals surface area contributed by atoms with Gasteiger partial charge in [0.2, 0.25) is 5.13 Å². The monoisotopic (exact) mass is 514 g/mol. The Morgan fingerprint density at radius 1 is 1.21 bits per heavy atom. The lowest BCUT2D eigenvalue weighted by atomic mass is 9.98. The summed E-state index contributed by atoms with van der Waals surface area (Å²) >= 11 is 9.26. The number of nitrogens with two attached hydrogens (primary N) is 1. The van der Waals surface area contributed by atoms with E-state index in [2.05, 4.69) is 16.9 Å². The average molecular weight is 515 g/mol. The Hall–Kier alpha value is -2.88. The molecule has 1 aliphatic heterocycles. The molecule has 2 aromatic heterocycles. The van der Waals surface area contributed by atoms with Gasteiger partial charge in [-0.15, -0.1) is 11.8 Å². The highest BCUT2D eigenvalue weighted by Gasteiger charge is 2.30. The van der Waals surface area contributed by atoms with Crippen LogP contribution in [0.3, 0.4) is 0 Å². The van der Waals surface area contributed by atoms with Crippen molar-refractivity contribution in [2.24, 2.45) is 10.7 Å². The summed E-state index contributed by atoms with van der Waals surface area (Å²) in [6.07, 6.45) is 0. The number of fused-ring (bicyclic) bond motifs is 3. The van der Waals surface area contributed by atoms with Gasteiger partial charge < -0.3 is 15.6 Å². The van der Waals surface area contributed by atoms with Gasteiger partial charge in [0, 0.05) is 38.5 Å². The van der Waals surface area contributed by atoms with Crippen LogP contribution in [0.4, 0.5) is 5.13 Å². The van der Waals surface area contributed by atoms with E-state index in [0.717, 1.165) is 26.7 Å². The second-order valence-corrected chi connectivity index (χ2v) is 11.0. The molecule has 0 spiro atoms. The molecule has 10 heteroatoms. The zero-order valence-corrected chi connectivity index (χ0v) is 21.7. The third kappa shape index (κ3) is 4.55. The van der Waals surface area contributed by atoms with E-state index in [9.17, 15) is 9.90 Å². The van der Waals surface area contributed by atoms with Crippen molar-refractivity contribution in [3.05, 3.63) is 57.5 Å². The number of carboxylic acid groups (broad SMARTS) is 1. The summed E-state index contributed by atoms with van der Waals surface area (Å²) in [5, 5.41) is 11.1. The molecule has 3 heterocycles. The number of pyridine rings is 1. The van der Waals surface area contributed by atoms with E-state index in [1.807, 2.05) is 19.9 Å². The first kappa shape index (κ1) is 24.3. The van der Waals surface area contributed by atoms with Gasteiger partial charge >= 0.3 is 5.97 Å². The number of aliphatic carboxylic acids is 1. The van der Waals surface area contributed by atoms with Crippen LogP contribution < -0.4 is 10.5 Å². The molecule has 1 atom stereocenters. The zero-order chi connectivity index (χ0) is 24.7. The fourth-order valence-corrected chi connectivity index (χ4v) is 6.62. The molecule has 176 valence electrons. The Bertz CT molecular complexity index is 1360. The summed E-state index contributed by atoms with van der Waals surface area (Å²) in [7, 11) is 1.59. The van der Waals surface area contributed by atoms with Crippen molar-refractivity contribution < 1.29 is 14.6 Å². The molecule has 0 fully saturated rings. The summed E-state index contributed by atoms with van der Waals surface area (Å²) in [6.45, 7) is 7.44. The molecule has 1 aliphatic rings. The fourth-order valence-electron chi connectivity index (χ4n) is 3.98. The highest BCUT2D eigenvalue weighted by atomic mass is 35.5. The number of carbonyl (C=O) groups is 1. The first-order chi connectivity index (χ1) is 16.1. The first-order valence-electron chi connectivity index (χ1n) is 10.4. The molecule has 0 bridgehead atoms. The van der Waals surface area contributed by atoms with Crippen LogP contribution in [-0.4, -0.2) is 33.9 Å². The Balaban J connectivity index is 1.88. The van der Waals surface area contributed by atoms with Crippen LogP contribution in [0.15, 0.2) is 39.2 Å². The minimum Gasteiger partial charge on any atom is -0.496 e. The lowest BCUT2D eigenvalue weighted by Gasteiger charge is -2.23. The second kappa shape index (κ2) is 9.40. The number of hydrogen-bond donors (Lipinski definition) is 2. The highest BCUT2D eigenvalue weighted by molar-refractivity contribution is 8.01. The van der Waals surface area contributed by atoms with Gasteiger partial charge in [-0.3, -0.25) is 4.98 Å². The SMILES string of the molecule is COc1cc(Cl)cc2c1-c1nc(N=C(C(=O)O)C(=C(C)N)c3cc(C)nc(C)c3)sc1SC2C. The smallest absolute Gasteiger partial charge is 0.355 e. The average Bonchev–Trinajstić information content (AvgIpc) is 3.13. The van der Waals surface area contributed by atoms with Crippen LogP contribution in [0.2, 0.25) is 5.02 Å². The molecule has 0 amide bonds. The van der Waals surface area contributed by atoms with E-state index in [-0.39, 0.29) is 11.0 Å². The third-order valence-corrected chi connectivity index (χ3v) is 7.79. The first-order valence-corrected chi connectivity index (χ1v) is 12.5. The zero-order valence-electron chi connectivity index (χ0n) is 19.3. The van der Waals surface area contributed by atoms with E-state index in [1.54, 1.807) is 44.0 Å². The predicted molar refractivity (Wildman–Crippen MR) is 139 cm³/mol. The van der Waals surface area contributed by atoms with Crippen molar-refractivity contribution in [3.8, 4) is 17.0 Å². The molecule has 0 radical (unpaired) electrons. The van der Waals surface area contributed by atoms with Gasteiger partial charge in [-0.25, -0.2) is 14.8 Å². The second-order valence-electron chi connectivity index (χ2n) is 7.93. The number of methoxy groups -OCH3 is 1. The molecule has 0 saturated carbocycles. The van der Waals surface area contributed by atoms with E-state index in [4.69, 9.17) is 27.1 Å². The molecule has 4 rings (SSSR count). The van der Waals surface area contributed by atoms with Crippen molar-refractivity contribution in [2.75, 3.05) is 7.11 Å². The van der Waals surface area contributed by atoms with Gasteiger partial charge in [0.25, 0.3) is 0 Å². The maximum atomic E-state index is 12.3. The van der Waals surface area contributed by atoms with E-state index >= 15 is 0 Å². The van der Waals surface area contributed by atoms with Gasteiger partial charge in [0.1, 0.15) is 11.4 Å². The van der Waals surface area contributed by atoms with E-state index < -0.39 is 5.97 Å². The number of ether oxygens (including phenoxy) is 1. The van der Waals surface area contributed by atoms with Crippen molar-refractivity contribution in [2.45, 2.75) is 37.2 Å². The summed E-state index contributed by atoms with van der Waals surface area (Å²) in [4.78, 5) is 25.9. The molecule has 34 heavy (non-hydrogen) atoms.